The number of aryl methyl sites for hydroxylation is 1. The molecule has 1 saturated heterocycles. The van der Waals surface area contributed by atoms with Gasteiger partial charge in [0.1, 0.15) is 0 Å². The van der Waals surface area contributed by atoms with E-state index in [0.717, 1.165) is 38.0 Å². The first kappa shape index (κ1) is 21.0. The number of hydrogen-bond acceptors (Lipinski definition) is 6. The summed E-state index contributed by atoms with van der Waals surface area (Å²) >= 11 is 6.62. The van der Waals surface area contributed by atoms with Gasteiger partial charge in [0, 0.05) is 20.4 Å². The molecule has 8 heteroatoms. The summed E-state index contributed by atoms with van der Waals surface area (Å²) in [6.07, 6.45) is 0. The average molecular weight is 436 g/mol. The number of benzene rings is 2. The van der Waals surface area contributed by atoms with E-state index in [9.17, 15) is 10.2 Å². The Kier molecular flexibility index (Phi) is 5.75. The van der Waals surface area contributed by atoms with Crippen molar-refractivity contribution in [3.05, 3.63) is 62.6 Å². The van der Waals surface area contributed by atoms with Crippen LogP contribution in [-0.4, -0.2) is 41.1 Å². The van der Waals surface area contributed by atoms with E-state index in [4.69, 9.17) is 11.6 Å². The number of fused-ring (bicyclic) bond motifs is 1. The molecule has 2 heterocycles. The minimum Gasteiger partial charge on any atom is -0.362 e. The summed E-state index contributed by atoms with van der Waals surface area (Å²) in [4.78, 5) is 13.7. The van der Waals surface area contributed by atoms with Gasteiger partial charge in [-0.3, -0.25) is 0 Å². The molecule has 0 saturated carbocycles. The van der Waals surface area contributed by atoms with Crippen molar-refractivity contribution in [3.8, 4) is 6.07 Å². The minimum absolute atomic E-state index is 0.0726. The lowest BCUT2D eigenvalue weighted by Gasteiger charge is -2.26. The van der Waals surface area contributed by atoms with Gasteiger partial charge < -0.3 is 10.2 Å². The SMILES string of the molecule is Cc1c(C#N)cccc1[C@@H](C)Nc1nnc(C)c2cc(Cl)c(N3CC[N+](=O)CC3)cc12. The van der Waals surface area contributed by atoms with E-state index in [2.05, 4.69) is 26.5 Å². The van der Waals surface area contributed by atoms with E-state index in [0.29, 0.717) is 42.6 Å². The monoisotopic (exact) mass is 435 g/mol. The zero-order valence-corrected chi connectivity index (χ0v) is 18.6. The van der Waals surface area contributed by atoms with E-state index in [1.165, 1.54) is 0 Å². The highest BCUT2D eigenvalue weighted by molar-refractivity contribution is 6.34. The van der Waals surface area contributed by atoms with Crippen LogP contribution in [0.4, 0.5) is 11.5 Å². The van der Waals surface area contributed by atoms with Gasteiger partial charge >= 0.3 is 0 Å². The molecule has 1 atom stereocenters. The second kappa shape index (κ2) is 8.48. The van der Waals surface area contributed by atoms with Gasteiger partial charge in [0.05, 0.1) is 47.2 Å². The molecule has 0 spiro atoms. The first-order valence-electron chi connectivity index (χ1n) is 10.3. The molecular formula is C23H24ClN6O+. The molecule has 3 aromatic rings. The van der Waals surface area contributed by atoms with Gasteiger partial charge in [0.15, 0.2) is 5.82 Å². The number of halogens is 1. The molecule has 7 nitrogen and oxygen atoms in total. The second-order valence-electron chi connectivity index (χ2n) is 7.90. The van der Waals surface area contributed by atoms with E-state index in [1.54, 1.807) is 0 Å². The van der Waals surface area contributed by atoms with Crippen LogP contribution in [-0.2, 0) is 0 Å². The highest BCUT2D eigenvalue weighted by atomic mass is 35.5. The van der Waals surface area contributed by atoms with Crippen LogP contribution in [0.2, 0.25) is 5.02 Å². The molecule has 0 unspecified atom stereocenters. The van der Waals surface area contributed by atoms with Gasteiger partial charge in [0.2, 0.25) is 13.1 Å². The number of piperazine rings is 1. The zero-order chi connectivity index (χ0) is 22.1. The van der Waals surface area contributed by atoms with Crippen LogP contribution < -0.4 is 10.2 Å². The molecule has 1 aliphatic rings. The lowest BCUT2D eigenvalue weighted by molar-refractivity contribution is -0.550. The van der Waals surface area contributed by atoms with Gasteiger partial charge in [-0.05, 0) is 50.1 Å². The molecule has 1 N–H and O–H groups in total. The first-order chi connectivity index (χ1) is 14.9. The fourth-order valence-electron chi connectivity index (χ4n) is 4.09. The van der Waals surface area contributed by atoms with Crippen molar-refractivity contribution in [2.75, 3.05) is 36.4 Å². The minimum atomic E-state index is -0.0726. The zero-order valence-electron chi connectivity index (χ0n) is 17.8. The van der Waals surface area contributed by atoms with Gasteiger partial charge in [0.25, 0.3) is 0 Å². The van der Waals surface area contributed by atoms with Crippen LogP contribution in [0, 0.1) is 30.1 Å². The number of aromatic nitrogens is 2. The second-order valence-corrected chi connectivity index (χ2v) is 8.30. The Morgan fingerprint density at radius 3 is 2.65 bits per heavy atom. The Morgan fingerprint density at radius 2 is 1.94 bits per heavy atom. The topological polar surface area (TPSA) is 84.9 Å². The van der Waals surface area contributed by atoms with Crippen molar-refractivity contribution < 1.29 is 4.76 Å². The maximum absolute atomic E-state index is 11.6. The van der Waals surface area contributed by atoms with Crippen molar-refractivity contribution in [2.24, 2.45) is 0 Å². The summed E-state index contributed by atoms with van der Waals surface area (Å²) in [5.41, 5.74) is 4.35. The number of nitrogens with one attached hydrogen (secondary N) is 1. The van der Waals surface area contributed by atoms with Crippen molar-refractivity contribution >= 4 is 33.9 Å². The molecule has 158 valence electrons. The third kappa shape index (κ3) is 4.04. The maximum atomic E-state index is 11.6. The summed E-state index contributed by atoms with van der Waals surface area (Å²) < 4.78 is 1.08. The normalized spacial score (nSPS) is 15.1. The van der Waals surface area contributed by atoms with E-state index >= 15 is 0 Å². The highest BCUT2D eigenvalue weighted by Crippen LogP contribution is 2.36. The molecule has 0 bridgehead atoms. The first-order valence-corrected chi connectivity index (χ1v) is 10.7. The van der Waals surface area contributed by atoms with Crippen LogP contribution in [0.1, 0.15) is 35.3 Å². The lowest BCUT2D eigenvalue weighted by atomic mass is 9.98. The van der Waals surface area contributed by atoms with Crippen LogP contribution in [0.3, 0.4) is 0 Å². The van der Waals surface area contributed by atoms with Gasteiger partial charge in [-0.25, -0.2) is 0 Å². The Hall–Kier alpha value is -3.24. The van der Waals surface area contributed by atoms with Crippen molar-refractivity contribution in [2.45, 2.75) is 26.8 Å². The molecule has 0 radical (unpaired) electrons. The van der Waals surface area contributed by atoms with E-state index in [-0.39, 0.29) is 6.04 Å². The Morgan fingerprint density at radius 1 is 1.19 bits per heavy atom. The Balaban J connectivity index is 1.74. The van der Waals surface area contributed by atoms with Crippen LogP contribution in [0.15, 0.2) is 30.3 Å². The van der Waals surface area contributed by atoms with E-state index in [1.807, 2.05) is 51.1 Å². The van der Waals surface area contributed by atoms with Crippen molar-refractivity contribution in [1.29, 1.82) is 5.26 Å². The lowest BCUT2D eigenvalue weighted by Crippen LogP contribution is -2.41. The van der Waals surface area contributed by atoms with Crippen molar-refractivity contribution in [3.63, 3.8) is 0 Å². The van der Waals surface area contributed by atoms with Crippen LogP contribution >= 0.6 is 11.6 Å². The summed E-state index contributed by atoms with van der Waals surface area (Å²) in [6, 6.07) is 11.9. The quantitative estimate of drug-likeness (QED) is 0.605. The maximum Gasteiger partial charge on any atom is 0.209 e. The number of nitriles is 1. The smallest absolute Gasteiger partial charge is 0.209 e. The molecule has 4 rings (SSSR count). The number of rotatable bonds is 4. The predicted octanol–water partition coefficient (Wildman–Crippen LogP) is 4.54. The summed E-state index contributed by atoms with van der Waals surface area (Å²) in [7, 11) is 0. The van der Waals surface area contributed by atoms with Crippen LogP contribution in [0.5, 0.6) is 0 Å². The molecular weight excluding hydrogens is 412 g/mol. The van der Waals surface area contributed by atoms with Gasteiger partial charge in [-0.2, -0.15) is 10.4 Å². The standard InChI is InChI=1S/C23H24ClN6O/c1-14-17(13-25)5-4-6-18(14)15(2)26-23-20-12-22(29-7-9-30(31)10-8-29)21(24)11-19(20)16(3)27-28-23/h4-6,11-12,15H,7-10H2,1-3H3,(H,26,28)/q+1/t15-/m1/s1. The van der Waals surface area contributed by atoms with Gasteiger partial charge in [-0.15, -0.1) is 5.10 Å². The number of nitroso groups, excluding NO2 is 1. The Labute approximate surface area is 186 Å². The average Bonchev–Trinajstić information content (AvgIpc) is 2.76. The molecule has 31 heavy (non-hydrogen) atoms. The third-order valence-corrected chi connectivity index (χ3v) is 6.23. The fraction of sp³-hybridized carbons (Fsp3) is 0.348. The van der Waals surface area contributed by atoms with Crippen LogP contribution in [0.25, 0.3) is 10.8 Å². The molecule has 2 aromatic carbocycles. The number of nitrogens with zero attached hydrogens (tertiary/aromatic N) is 5. The number of hydrogen-bond donors (Lipinski definition) is 1. The number of anilines is 2. The molecule has 1 fully saturated rings. The third-order valence-electron chi connectivity index (χ3n) is 5.93. The molecule has 0 amide bonds. The fourth-order valence-corrected chi connectivity index (χ4v) is 4.38. The predicted molar refractivity (Wildman–Crippen MR) is 123 cm³/mol. The van der Waals surface area contributed by atoms with E-state index < -0.39 is 0 Å². The Bertz CT molecular complexity index is 1210. The largest absolute Gasteiger partial charge is 0.362 e. The van der Waals surface area contributed by atoms with Crippen molar-refractivity contribution in [1.82, 2.24) is 10.2 Å². The summed E-state index contributed by atoms with van der Waals surface area (Å²) in [5, 5.41) is 24.1. The molecule has 0 aliphatic carbocycles. The molecule has 1 aromatic heterocycles. The summed E-state index contributed by atoms with van der Waals surface area (Å²) in [5.74, 6) is 0.662. The highest BCUT2D eigenvalue weighted by Gasteiger charge is 2.24. The summed E-state index contributed by atoms with van der Waals surface area (Å²) in [6.45, 7) is 8.09. The molecule has 1 aliphatic heterocycles. The van der Waals surface area contributed by atoms with Gasteiger partial charge in [-0.1, -0.05) is 23.7 Å².